The molecule has 0 saturated heterocycles. The van der Waals surface area contributed by atoms with Crippen LogP contribution in [0.3, 0.4) is 0 Å². The number of unbranched alkanes of at least 4 members (excludes halogenated alkanes) is 1. The normalized spacial score (nSPS) is 14.9. The number of nitrogens with one attached hydrogen (secondary N) is 2. The lowest BCUT2D eigenvalue weighted by Gasteiger charge is -2.17. The van der Waals surface area contributed by atoms with Gasteiger partial charge in [0.2, 0.25) is 0 Å². The number of urea groups is 1. The second kappa shape index (κ2) is 9.65. The standard InChI is InChI=1S/C12H23N2O6P.2H2/c1-9(15)8-11(10(2)16)14-12(17)13-6-4-5-7-20-21(3,18)19;;/h11H,4-8H2,1-3H3,(H,18,19)(H2,13,14,17);2*1H/p-1. The number of carbonyl (C=O) groups excluding carboxylic acids is 3. The summed E-state index contributed by atoms with van der Waals surface area (Å²) in [5.74, 6) is -0.475. The molecule has 2 unspecified atom stereocenters. The van der Waals surface area contributed by atoms with Crippen LogP contribution in [0.1, 0.15) is 36.0 Å². The molecular formula is C12H26N2O6P-. The van der Waals surface area contributed by atoms with Crippen LogP contribution in [-0.4, -0.2) is 43.5 Å². The molecule has 0 aliphatic heterocycles. The van der Waals surface area contributed by atoms with Crippen LogP contribution < -0.4 is 15.5 Å². The fourth-order valence-corrected chi connectivity index (χ4v) is 1.91. The molecule has 0 aromatic heterocycles. The first-order valence-electron chi connectivity index (χ1n) is 6.59. The smallest absolute Gasteiger partial charge is 0.315 e. The van der Waals surface area contributed by atoms with Gasteiger partial charge in [0.05, 0.1) is 12.6 Å². The van der Waals surface area contributed by atoms with Crippen molar-refractivity contribution in [2.45, 2.75) is 39.2 Å². The van der Waals surface area contributed by atoms with Crippen molar-refractivity contribution in [3.63, 3.8) is 0 Å². The fourth-order valence-electron chi connectivity index (χ4n) is 1.45. The van der Waals surface area contributed by atoms with Gasteiger partial charge in [0, 0.05) is 22.5 Å². The van der Waals surface area contributed by atoms with E-state index < -0.39 is 19.7 Å². The van der Waals surface area contributed by atoms with Crippen molar-refractivity contribution in [3.05, 3.63) is 0 Å². The van der Waals surface area contributed by atoms with Crippen LogP contribution in [0.2, 0.25) is 0 Å². The summed E-state index contributed by atoms with van der Waals surface area (Å²) in [6.45, 7) is 4.03. The van der Waals surface area contributed by atoms with E-state index in [1.54, 1.807) is 0 Å². The molecule has 0 radical (unpaired) electrons. The first kappa shape index (κ1) is 19.8. The van der Waals surface area contributed by atoms with Gasteiger partial charge in [-0.3, -0.25) is 9.59 Å². The molecule has 126 valence electrons. The van der Waals surface area contributed by atoms with Crippen molar-refractivity contribution in [3.8, 4) is 0 Å². The molecule has 2 amide bonds. The maximum Gasteiger partial charge on any atom is 0.315 e. The average Bonchev–Trinajstić information content (AvgIpc) is 2.30. The second-order valence-electron chi connectivity index (χ2n) is 4.78. The van der Waals surface area contributed by atoms with Gasteiger partial charge >= 0.3 is 6.03 Å². The lowest BCUT2D eigenvalue weighted by atomic mass is 10.1. The highest BCUT2D eigenvalue weighted by molar-refractivity contribution is 7.50. The Bertz CT molecular complexity index is 430. The van der Waals surface area contributed by atoms with E-state index in [-0.39, 0.29) is 27.4 Å². The lowest BCUT2D eigenvalue weighted by molar-refractivity contribution is -0.196. The quantitative estimate of drug-likeness (QED) is 0.450. The minimum atomic E-state index is -3.70. The summed E-state index contributed by atoms with van der Waals surface area (Å²) < 4.78 is 15.3. The van der Waals surface area contributed by atoms with Crippen molar-refractivity contribution >= 4 is 25.2 Å². The van der Waals surface area contributed by atoms with E-state index in [1.165, 1.54) is 13.8 Å². The van der Waals surface area contributed by atoms with Crippen LogP contribution in [0.25, 0.3) is 0 Å². The SMILES string of the molecule is CC(=O)CC(NC(=O)NCCCCOP(C)(=O)[O-])C(C)=O.[HH].[HH]. The molecule has 21 heavy (non-hydrogen) atoms. The zero-order chi connectivity index (χ0) is 16.5. The Morgan fingerprint density at radius 1 is 1.29 bits per heavy atom. The van der Waals surface area contributed by atoms with Gasteiger partial charge in [-0.25, -0.2) is 4.79 Å². The van der Waals surface area contributed by atoms with E-state index >= 15 is 0 Å². The minimum Gasteiger partial charge on any atom is -0.779 e. The van der Waals surface area contributed by atoms with Crippen molar-refractivity contribution in [1.29, 1.82) is 0 Å². The molecule has 2 N–H and O–H groups in total. The van der Waals surface area contributed by atoms with Crippen LogP contribution in [0.15, 0.2) is 0 Å². The molecule has 9 heteroatoms. The molecule has 0 heterocycles. The number of rotatable bonds is 10. The van der Waals surface area contributed by atoms with Gasteiger partial charge in [-0.05, 0) is 26.7 Å². The zero-order valence-electron chi connectivity index (χ0n) is 12.5. The average molecular weight is 325 g/mol. The van der Waals surface area contributed by atoms with Gasteiger partial charge in [0.1, 0.15) is 13.4 Å². The van der Waals surface area contributed by atoms with Gasteiger partial charge in [0.15, 0.2) is 5.78 Å². The highest BCUT2D eigenvalue weighted by Gasteiger charge is 2.18. The van der Waals surface area contributed by atoms with E-state index in [2.05, 4.69) is 15.2 Å². The topological polar surface area (TPSA) is 125 Å². The van der Waals surface area contributed by atoms with Crippen molar-refractivity contribution in [1.82, 2.24) is 10.6 Å². The Morgan fingerprint density at radius 2 is 1.90 bits per heavy atom. The molecular weight excluding hydrogens is 299 g/mol. The number of amides is 2. The van der Waals surface area contributed by atoms with E-state index in [0.717, 1.165) is 6.66 Å². The van der Waals surface area contributed by atoms with Crippen molar-refractivity contribution < 1.29 is 31.2 Å². The number of hydrogen-bond donors (Lipinski definition) is 2. The Balaban J connectivity index is -0.00000200. The predicted octanol–water partition coefficient (Wildman–Crippen LogP) is 0.694. The number of Topliss-reactive ketones (excluding diaryl/α,β-unsaturated/α-hetero) is 2. The third-order valence-electron chi connectivity index (χ3n) is 2.47. The van der Waals surface area contributed by atoms with Gasteiger partial charge in [0.25, 0.3) is 0 Å². The number of ketones is 2. The van der Waals surface area contributed by atoms with Crippen LogP contribution in [0.4, 0.5) is 4.79 Å². The molecule has 0 rings (SSSR count). The van der Waals surface area contributed by atoms with E-state index in [1.807, 2.05) is 0 Å². The summed E-state index contributed by atoms with van der Waals surface area (Å²) in [7, 11) is -3.70. The summed E-state index contributed by atoms with van der Waals surface area (Å²) in [4.78, 5) is 44.5. The maximum atomic E-state index is 11.5. The molecule has 0 bridgehead atoms. The molecule has 0 aliphatic carbocycles. The highest BCUT2D eigenvalue weighted by atomic mass is 31.2. The maximum absolute atomic E-state index is 11.5. The molecule has 0 aliphatic rings. The predicted molar refractivity (Wildman–Crippen MR) is 79.2 cm³/mol. The van der Waals surface area contributed by atoms with Gasteiger partial charge < -0.3 is 24.6 Å². The summed E-state index contributed by atoms with van der Waals surface area (Å²) >= 11 is 0. The van der Waals surface area contributed by atoms with Gasteiger partial charge in [-0.2, -0.15) is 0 Å². The summed E-state index contributed by atoms with van der Waals surface area (Å²) in [5.41, 5.74) is 0. The van der Waals surface area contributed by atoms with Crippen molar-refractivity contribution in [2.75, 3.05) is 19.8 Å². The molecule has 0 fully saturated rings. The van der Waals surface area contributed by atoms with Crippen molar-refractivity contribution in [2.24, 2.45) is 0 Å². The molecule has 8 nitrogen and oxygen atoms in total. The van der Waals surface area contributed by atoms with E-state index in [4.69, 9.17) is 0 Å². The van der Waals surface area contributed by atoms with Crippen LogP contribution in [-0.2, 0) is 18.7 Å². The minimum absolute atomic E-state index is 0. The second-order valence-corrected chi connectivity index (χ2v) is 6.58. The van der Waals surface area contributed by atoms with Crippen LogP contribution in [0, 0.1) is 0 Å². The molecule has 0 spiro atoms. The zero-order valence-corrected chi connectivity index (χ0v) is 13.4. The fraction of sp³-hybridized carbons (Fsp3) is 0.750. The van der Waals surface area contributed by atoms with Crippen LogP contribution >= 0.6 is 7.60 Å². The first-order chi connectivity index (χ1) is 9.61. The largest absolute Gasteiger partial charge is 0.779 e. The van der Waals surface area contributed by atoms with E-state index in [0.29, 0.717) is 19.4 Å². The Hall–Kier alpha value is -1.24. The molecule has 2 atom stereocenters. The van der Waals surface area contributed by atoms with Crippen LogP contribution in [0.5, 0.6) is 0 Å². The Labute approximate surface area is 127 Å². The molecule has 0 aromatic rings. The Morgan fingerprint density at radius 3 is 2.38 bits per heavy atom. The highest BCUT2D eigenvalue weighted by Crippen LogP contribution is 2.30. The third-order valence-corrected chi connectivity index (χ3v) is 3.12. The Kier molecular flexibility index (Phi) is 9.08. The summed E-state index contributed by atoms with van der Waals surface area (Å²) in [6.07, 6.45) is 0.973. The lowest BCUT2D eigenvalue weighted by Crippen LogP contribution is -2.46. The summed E-state index contributed by atoms with van der Waals surface area (Å²) in [5, 5.41) is 4.94. The molecule has 0 aromatic carbocycles. The number of carbonyl (C=O) groups is 3. The number of hydrogen-bond acceptors (Lipinski definition) is 6. The third kappa shape index (κ3) is 12.2. The van der Waals surface area contributed by atoms with E-state index in [9.17, 15) is 23.8 Å². The van der Waals surface area contributed by atoms with Gasteiger partial charge in [-0.1, -0.05) is 0 Å². The summed E-state index contributed by atoms with van der Waals surface area (Å²) in [6, 6.07) is -1.36. The van der Waals surface area contributed by atoms with Gasteiger partial charge in [-0.15, -0.1) is 0 Å². The first-order valence-corrected chi connectivity index (χ1v) is 8.58. The molecule has 0 saturated carbocycles. The monoisotopic (exact) mass is 325 g/mol.